The summed E-state index contributed by atoms with van der Waals surface area (Å²) in [6.45, 7) is 17.3. The zero-order chi connectivity index (χ0) is 33.9. The molecular formula is C46H46N2. The van der Waals surface area contributed by atoms with Gasteiger partial charge in [-0.15, -0.1) is 0 Å². The predicted molar refractivity (Wildman–Crippen MR) is 209 cm³/mol. The summed E-state index contributed by atoms with van der Waals surface area (Å²) in [6, 6.07) is 44.8. The van der Waals surface area contributed by atoms with Crippen molar-refractivity contribution in [2.75, 3.05) is 9.80 Å². The maximum absolute atomic E-state index is 2.36. The van der Waals surface area contributed by atoms with Gasteiger partial charge in [0.25, 0.3) is 0 Å². The number of aryl methyl sites for hydroxylation is 8. The summed E-state index contributed by atoms with van der Waals surface area (Å²) in [4.78, 5) is 4.73. The smallest absolute Gasteiger partial charge is 0.0466 e. The third-order valence-corrected chi connectivity index (χ3v) is 8.63. The number of benzene rings is 6. The largest absolute Gasteiger partial charge is 0.310 e. The second-order valence-electron chi connectivity index (χ2n) is 13.6. The fraction of sp³-hybridized carbons (Fsp3) is 0.174. The summed E-state index contributed by atoms with van der Waals surface area (Å²) in [7, 11) is 0. The molecule has 0 heterocycles. The van der Waals surface area contributed by atoms with Crippen molar-refractivity contribution in [3.05, 3.63) is 177 Å². The summed E-state index contributed by atoms with van der Waals surface area (Å²) in [6.07, 6.45) is 4.39. The molecule has 2 heteroatoms. The van der Waals surface area contributed by atoms with Crippen molar-refractivity contribution in [2.24, 2.45) is 0 Å². The molecule has 0 unspecified atom stereocenters. The van der Waals surface area contributed by atoms with E-state index in [1.165, 1.54) is 67.3 Å². The average Bonchev–Trinajstić information content (AvgIpc) is 3.00. The molecule has 48 heavy (non-hydrogen) atoms. The molecule has 0 radical (unpaired) electrons. The molecule has 0 aromatic heterocycles. The molecule has 6 rings (SSSR count). The average molecular weight is 627 g/mol. The van der Waals surface area contributed by atoms with E-state index in [1.54, 1.807) is 0 Å². The van der Waals surface area contributed by atoms with Crippen molar-refractivity contribution < 1.29 is 0 Å². The Kier molecular flexibility index (Phi) is 9.37. The maximum atomic E-state index is 2.36. The lowest BCUT2D eigenvalue weighted by molar-refractivity contribution is 1.23. The quantitative estimate of drug-likeness (QED) is 0.155. The topological polar surface area (TPSA) is 6.48 Å². The van der Waals surface area contributed by atoms with E-state index in [0.29, 0.717) is 0 Å². The molecular weight excluding hydrogens is 581 g/mol. The minimum absolute atomic E-state index is 1.14. The standard InChI is InChI=1S/C46H46N2/c1-31-19-32(2)24-43(23-31)47(44-25-33(3)20-34(4)26-44)41-15-11-39(12-16-41)9-10-40-13-17-42(18-14-40)48(45-27-35(5)21-36(6)28-45)46-29-37(7)22-38(8)30-46/h9-30H,1-8H3/b10-9+. The van der Waals surface area contributed by atoms with Crippen LogP contribution in [0.3, 0.4) is 0 Å². The minimum atomic E-state index is 1.14. The molecule has 0 bridgehead atoms. The van der Waals surface area contributed by atoms with E-state index >= 15 is 0 Å². The van der Waals surface area contributed by atoms with E-state index in [1.807, 2.05) is 0 Å². The second-order valence-corrected chi connectivity index (χ2v) is 13.6. The van der Waals surface area contributed by atoms with Gasteiger partial charge in [-0.2, -0.15) is 0 Å². The fourth-order valence-electron chi connectivity index (χ4n) is 6.87. The van der Waals surface area contributed by atoms with Crippen LogP contribution in [0.15, 0.2) is 121 Å². The molecule has 240 valence electrons. The van der Waals surface area contributed by atoms with Gasteiger partial charge < -0.3 is 9.80 Å². The number of hydrogen-bond acceptors (Lipinski definition) is 2. The number of nitrogens with zero attached hydrogens (tertiary/aromatic N) is 2. The highest BCUT2D eigenvalue weighted by atomic mass is 15.1. The van der Waals surface area contributed by atoms with Gasteiger partial charge in [-0.05, 0) is 184 Å². The van der Waals surface area contributed by atoms with Crippen LogP contribution in [0.1, 0.15) is 55.6 Å². The summed E-state index contributed by atoms with van der Waals surface area (Å²) >= 11 is 0. The lowest BCUT2D eigenvalue weighted by Gasteiger charge is -2.27. The number of rotatable bonds is 8. The van der Waals surface area contributed by atoms with Crippen molar-refractivity contribution in [1.82, 2.24) is 0 Å². The van der Waals surface area contributed by atoms with Gasteiger partial charge in [0, 0.05) is 34.1 Å². The van der Waals surface area contributed by atoms with Crippen LogP contribution in [0.2, 0.25) is 0 Å². The molecule has 0 fully saturated rings. The first kappa shape index (κ1) is 32.6. The lowest BCUT2D eigenvalue weighted by Crippen LogP contribution is -2.11. The van der Waals surface area contributed by atoms with Crippen LogP contribution in [0.25, 0.3) is 12.2 Å². The van der Waals surface area contributed by atoms with Crippen LogP contribution < -0.4 is 9.80 Å². The molecule has 0 saturated carbocycles. The normalized spacial score (nSPS) is 11.2. The maximum Gasteiger partial charge on any atom is 0.0466 e. The van der Waals surface area contributed by atoms with E-state index in [4.69, 9.17) is 0 Å². The highest BCUT2D eigenvalue weighted by molar-refractivity contribution is 5.81. The Labute approximate surface area is 287 Å². The molecule has 0 aliphatic rings. The SMILES string of the molecule is Cc1cc(C)cc(N(c2ccc(/C=C/c3ccc(N(c4cc(C)cc(C)c4)c4cc(C)cc(C)c4)cc3)cc2)c2cc(C)cc(C)c2)c1. The van der Waals surface area contributed by atoms with E-state index in [2.05, 4.69) is 199 Å². The van der Waals surface area contributed by atoms with Gasteiger partial charge in [0.15, 0.2) is 0 Å². The van der Waals surface area contributed by atoms with Crippen molar-refractivity contribution in [2.45, 2.75) is 55.4 Å². The highest BCUT2D eigenvalue weighted by Crippen LogP contribution is 2.38. The Morgan fingerprint density at radius 1 is 0.271 bits per heavy atom. The highest BCUT2D eigenvalue weighted by Gasteiger charge is 2.16. The third kappa shape index (κ3) is 7.61. The van der Waals surface area contributed by atoms with Gasteiger partial charge in [0.05, 0.1) is 0 Å². The Hall–Kier alpha value is -5.34. The first-order valence-corrected chi connectivity index (χ1v) is 16.8. The molecule has 0 N–H and O–H groups in total. The molecule has 6 aromatic rings. The van der Waals surface area contributed by atoms with Crippen molar-refractivity contribution in [1.29, 1.82) is 0 Å². The molecule has 0 atom stereocenters. The molecule has 0 saturated heterocycles. The summed E-state index contributed by atoms with van der Waals surface area (Å²) < 4.78 is 0. The Balaban J connectivity index is 1.28. The van der Waals surface area contributed by atoms with Crippen LogP contribution in [0, 0.1) is 55.4 Å². The zero-order valence-electron chi connectivity index (χ0n) is 29.6. The van der Waals surface area contributed by atoms with Gasteiger partial charge in [0.2, 0.25) is 0 Å². The van der Waals surface area contributed by atoms with Gasteiger partial charge >= 0.3 is 0 Å². The molecule has 6 aromatic carbocycles. The zero-order valence-corrected chi connectivity index (χ0v) is 29.6. The first-order valence-electron chi connectivity index (χ1n) is 16.8. The molecule has 0 spiro atoms. The number of hydrogen-bond donors (Lipinski definition) is 0. The van der Waals surface area contributed by atoms with Gasteiger partial charge in [-0.3, -0.25) is 0 Å². The lowest BCUT2D eigenvalue weighted by atomic mass is 10.1. The van der Waals surface area contributed by atoms with E-state index in [0.717, 1.165) is 22.5 Å². The van der Waals surface area contributed by atoms with Crippen molar-refractivity contribution in [3.63, 3.8) is 0 Å². The fourth-order valence-corrected chi connectivity index (χ4v) is 6.87. The van der Waals surface area contributed by atoms with Gasteiger partial charge in [0.1, 0.15) is 0 Å². The molecule has 0 aliphatic heterocycles. The van der Waals surface area contributed by atoms with E-state index in [9.17, 15) is 0 Å². The van der Waals surface area contributed by atoms with E-state index < -0.39 is 0 Å². The van der Waals surface area contributed by atoms with Crippen LogP contribution in [0.5, 0.6) is 0 Å². The summed E-state index contributed by atoms with van der Waals surface area (Å²) in [5, 5.41) is 0. The summed E-state index contributed by atoms with van der Waals surface area (Å²) in [5.41, 5.74) is 19.4. The summed E-state index contributed by atoms with van der Waals surface area (Å²) in [5.74, 6) is 0. The number of anilines is 6. The monoisotopic (exact) mass is 626 g/mol. The third-order valence-electron chi connectivity index (χ3n) is 8.63. The van der Waals surface area contributed by atoms with E-state index in [-0.39, 0.29) is 0 Å². The predicted octanol–water partition coefficient (Wildman–Crippen LogP) is 13.3. The molecule has 0 aliphatic carbocycles. The molecule has 0 amide bonds. The Morgan fingerprint density at radius 2 is 0.479 bits per heavy atom. The molecule has 2 nitrogen and oxygen atoms in total. The Bertz CT molecular complexity index is 1760. The minimum Gasteiger partial charge on any atom is -0.310 e. The van der Waals surface area contributed by atoms with Crippen LogP contribution in [0.4, 0.5) is 34.1 Å². The van der Waals surface area contributed by atoms with Crippen LogP contribution >= 0.6 is 0 Å². The Morgan fingerprint density at radius 3 is 0.688 bits per heavy atom. The van der Waals surface area contributed by atoms with Crippen molar-refractivity contribution in [3.8, 4) is 0 Å². The van der Waals surface area contributed by atoms with Gasteiger partial charge in [-0.25, -0.2) is 0 Å². The first-order chi connectivity index (χ1) is 23.0. The van der Waals surface area contributed by atoms with Crippen LogP contribution in [-0.4, -0.2) is 0 Å². The van der Waals surface area contributed by atoms with Crippen molar-refractivity contribution >= 4 is 46.3 Å². The van der Waals surface area contributed by atoms with Crippen LogP contribution in [-0.2, 0) is 0 Å². The second kappa shape index (κ2) is 13.8. The van der Waals surface area contributed by atoms with Gasteiger partial charge in [-0.1, -0.05) is 60.7 Å².